The highest BCUT2D eigenvalue weighted by Gasteiger charge is 2.34. The third kappa shape index (κ3) is 2.12. The van der Waals surface area contributed by atoms with Crippen LogP contribution < -0.4 is 5.32 Å². The van der Waals surface area contributed by atoms with E-state index in [0.29, 0.717) is 0 Å². The monoisotopic (exact) mass is 271 g/mol. The molecule has 1 atom stereocenters. The second-order valence-corrected chi connectivity index (χ2v) is 6.46. The van der Waals surface area contributed by atoms with Crippen LogP contribution in [0.1, 0.15) is 38.2 Å². The van der Waals surface area contributed by atoms with E-state index < -0.39 is 0 Å². The van der Waals surface area contributed by atoms with Gasteiger partial charge in [-0.3, -0.25) is 4.98 Å². The predicted octanol–water partition coefficient (Wildman–Crippen LogP) is 2.34. The van der Waals surface area contributed by atoms with Gasteiger partial charge < -0.3 is 9.88 Å². The van der Waals surface area contributed by atoms with Crippen LogP contribution in [-0.4, -0.2) is 26.3 Å². The molecule has 2 aromatic heterocycles. The minimum atomic E-state index is 0.113. The van der Waals surface area contributed by atoms with Crippen molar-refractivity contribution in [2.24, 2.45) is 5.41 Å². The fourth-order valence-corrected chi connectivity index (χ4v) is 2.75. The Labute approximate surface area is 119 Å². The molecular formula is C15H21N5. The number of fused-ring (bicyclic) bond motifs is 1. The van der Waals surface area contributed by atoms with Crippen molar-refractivity contribution in [2.45, 2.75) is 40.3 Å². The SMILES string of the molecule is Cc1cccnc1-c1nnc2n1CCNC2C(C)(C)C. The molecule has 0 aromatic carbocycles. The van der Waals surface area contributed by atoms with Crippen molar-refractivity contribution in [1.29, 1.82) is 0 Å². The molecular weight excluding hydrogens is 250 g/mol. The molecule has 5 heteroatoms. The molecule has 0 amide bonds. The minimum Gasteiger partial charge on any atom is -0.307 e. The lowest BCUT2D eigenvalue weighted by Crippen LogP contribution is -2.40. The Hall–Kier alpha value is -1.75. The zero-order valence-corrected chi connectivity index (χ0v) is 12.5. The molecule has 5 nitrogen and oxygen atoms in total. The van der Waals surface area contributed by atoms with Gasteiger partial charge in [-0.25, -0.2) is 0 Å². The zero-order valence-electron chi connectivity index (χ0n) is 12.5. The summed E-state index contributed by atoms with van der Waals surface area (Å²) in [5, 5.41) is 12.4. The number of nitrogens with zero attached hydrogens (tertiary/aromatic N) is 4. The fourth-order valence-electron chi connectivity index (χ4n) is 2.75. The average Bonchev–Trinajstić information content (AvgIpc) is 2.81. The first kappa shape index (κ1) is 13.2. The second-order valence-electron chi connectivity index (χ2n) is 6.46. The van der Waals surface area contributed by atoms with Crippen molar-refractivity contribution >= 4 is 0 Å². The molecule has 1 aliphatic rings. The van der Waals surface area contributed by atoms with Gasteiger partial charge in [0.25, 0.3) is 0 Å². The maximum absolute atomic E-state index is 4.47. The molecule has 0 radical (unpaired) electrons. The van der Waals surface area contributed by atoms with Crippen LogP contribution in [0, 0.1) is 12.3 Å². The number of pyridine rings is 1. The zero-order chi connectivity index (χ0) is 14.3. The number of hydrogen-bond donors (Lipinski definition) is 1. The summed E-state index contributed by atoms with van der Waals surface area (Å²) in [5.74, 6) is 1.90. The Kier molecular flexibility index (Phi) is 3.09. The molecule has 106 valence electrons. The molecule has 0 fully saturated rings. The molecule has 2 aromatic rings. The van der Waals surface area contributed by atoms with Crippen molar-refractivity contribution in [2.75, 3.05) is 6.54 Å². The Balaban J connectivity index is 2.10. The van der Waals surface area contributed by atoms with Gasteiger partial charge in [0.15, 0.2) is 11.6 Å². The van der Waals surface area contributed by atoms with Crippen molar-refractivity contribution in [3.63, 3.8) is 0 Å². The molecule has 0 spiro atoms. The summed E-state index contributed by atoms with van der Waals surface area (Å²) in [4.78, 5) is 4.47. The third-order valence-corrected chi connectivity index (χ3v) is 3.81. The molecule has 0 saturated carbocycles. The summed E-state index contributed by atoms with van der Waals surface area (Å²) in [6.07, 6.45) is 1.81. The molecule has 1 unspecified atom stereocenters. The normalized spacial score (nSPS) is 18.9. The Bertz CT molecular complexity index is 623. The minimum absolute atomic E-state index is 0.113. The maximum Gasteiger partial charge on any atom is 0.182 e. The Morgan fingerprint density at radius 1 is 1.30 bits per heavy atom. The number of aryl methyl sites for hydroxylation is 1. The van der Waals surface area contributed by atoms with Gasteiger partial charge in [-0.15, -0.1) is 10.2 Å². The van der Waals surface area contributed by atoms with E-state index in [1.807, 2.05) is 12.3 Å². The molecule has 0 aliphatic carbocycles. The first-order chi connectivity index (χ1) is 9.48. The molecule has 20 heavy (non-hydrogen) atoms. The fraction of sp³-hybridized carbons (Fsp3) is 0.533. The summed E-state index contributed by atoms with van der Waals surface area (Å²) in [6.45, 7) is 10.6. The van der Waals surface area contributed by atoms with Gasteiger partial charge in [-0.05, 0) is 24.0 Å². The van der Waals surface area contributed by atoms with Gasteiger partial charge in [-0.2, -0.15) is 0 Å². The van der Waals surface area contributed by atoms with Gasteiger partial charge in [0.2, 0.25) is 0 Å². The standard InChI is InChI=1S/C15H21N5/c1-10-6-5-7-16-11(10)13-18-19-14-12(15(2,3)4)17-8-9-20(13)14/h5-7,12,17H,8-9H2,1-4H3. The highest BCUT2D eigenvalue weighted by Crippen LogP contribution is 2.35. The predicted molar refractivity (Wildman–Crippen MR) is 78.2 cm³/mol. The van der Waals surface area contributed by atoms with Crippen LogP contribution in [0.25, 0.3) is 11.5 Å². The van der Waals surface area contributed by atoms with Crippen LogP contribution in [0.2, 0.25) is 0 Å². The van der Waals surface area contributed by atoms with E-state index in [9.17, 15) is 0 Å². The third-order valence-electron chi connectivity index (χ3n) is 3.81. The van der Waals surface area contributed by atoms with Crippen LogP contribution in [0.4, 0.5) is 0 Å². The van der Waals surface area contributed by atoms with E-state index in [4.69, 9.17) is 0 Å². The van der Waals surface area contributed by atoms with Gasteiger partial charge >= 0.3 is 0 Å². The number of aromatic nitrogens is 4. The topological polar surface area (TPSA) is 55.6 Å². The summed E-state index contributed by atoms with van der Waals surface area (Å²) in [5.41, 5.74) is 2.18. The lowest BCUT2D eigenvalue weighted by molar-refractivity contribution is 0.233. The van der Waals surface area contributed by atoms with Gasteiger partial charge in [0, 0.05) is 19.3 Å². The number of hydrogen-bond acceptors (Lipinski definition) is 4. The number of rotatable bonds is 1. The molecule has 3 rings (SSSR count). The first-order valence-electron chi connectivity index (χ1n) is 7.07. The van der Waals surface area contributed by atoms with E-state index in [2.05, 4.69) is 58.8 Å². The largest absolute Gasteiger partial charge is 0.307 e. The Morgan fingerprint density at radius 3 is 2.80 bits per heavy atom. The van der Waals surface area contributed by atoms with Gasteiger partial charge in [0.05, 0.1) is 6.04 Å². The van der Waals surface area contributed by atoms with E-state index in [-0.39, 0.29) is 11.5 Å². The summed E-state index contributed by atoms with van der Waals surface area (Å²) in [6, 6.07) is 4.24. The first-order valence-corrected chi connectivity index (χ1v) is 7.07. The highest BCUT2D eigenvalue weighted by molar-refractivity contribution is 5.54. The van der Waals surface area contributed by atoms with Crippen molar-refractivity contribution in [3.8, 4) is 11.5 Å². The van der Waals surface area contributed by atoms with Crippen LogP contribution in [-0.2, 0) is 6.54 Å². The lowest BCUT2D eigenvalue weighted by Gasteiger charge is -2.34. The van der Waals surface area contributed by atoms with Crippen LogP contribution in [0.3, 0.4) is 0 Å². The van der Waals surface area contributed by atoms with E-state index in [1.54, 1.807) is 0 Å². The molecule has 3 heterocycles. The van der Waals surface area contributed by atoms with Gasteiger partial charge in [0.1, 0.15) is 5.69 Å². The number of nitrogens with one attached hydrogen (secondary N) is 1. The van der Waals surface area contributed by atoms with Crippen LogP contribution in [0.15, 0.2) is 18.3 Å². The smallest absolute Gasteiger partial charge is 0.182 e. The highest BCUT2D eigenvalue weighted by atomic mass is 15.3. The van der Waals surface area contributed by atoms with Crippen LogP contribution in [0.5, 0.6) is 0 Å². The quantitative estimate of drug-likeness (QED) is 0.865. The van der Waals surface area contributed by atoms with Crippen LogP contribution >= 0.6 is 0 Å². The lowest BCUT2D eigenvalue weighted by atomic mass is 9.85. The average molecular weight is 271 g/mol. The van der Waals surface area contributed by atoms with Crippen molar-refractivity contribution in [1.82, 2.24) is 25.1 Å². The second kappa shape index (κ2) is 4.66. The molecule has 0 saturated heterocycles. The van der Waals surface area contributed by atoms with E-state index >= 15 is 0 Å². The van der Waals surface area contributed by atoms with E-state index in [0.717, 1.165) is 36.0 Å². The van der Waals surface area contributed by atoms with Crippen molar-refractivity contribution < 1.29 is 0 Å². The molecule has 1 N–H and O–H groups in total. The Morgan fingerprint density at radius 2 is 2.10 bits per heavy atom. The molecule has 0 bridgehead atoms. The van der Waals surface area contributed by atoms with E-state index in [1.165, 1.54) is 0 Å². The summed E-state index contributed by atoms with van der Waals surface area (Å²) >= 11 is 0. The van der Waals surface area contributed by atoms with Crippen molar-refractivity contribution in [3.05, 3.63) is 29.7 Å². The summed E-state index contributed by atoms with van der Waals surface area (Å²) in [7, 11) is 0. The summed E-state index contributed by atoms with van der Waals surface area (Å²) < 4.78 is 2.21. The van der Waals surface area contributed by atoms with Gasteiger partial charge in [-0.1, -0.05) is 26.8 Å². The maximum atomic E-state index is 4.47. The molecule has 1 aliphatic heterocycles.